The molecule has 1 unspecified atom stereocenters. The minimum Gasteiger partial charge on any atom is -0.493 e. The third kappa shape index (κ3) is 4.55. The van der Waals surface area contributed by atoms with E-state index in [1.54, 1.807) is 0 Å². The number of benzene rings is 2. The van der Waals surface area contributed by atoms with E-state index in [-0.39, 0.29) is 11.9 Å². The highest BCUT2D eigenvalue weighted by atomic mass is 16.5. The van der Waals surface area contributed by atoms with Crippen LogP contribution in [0.1, 0.15) is 43.2 Å². The molecule has 1 atom stereocenters. The van der Waals surface area contributed by atoms with Gasteiger partial charge in [0.1, 0.15) is 11.8 Å². The second kappa shape index (κ2) is 8.89. The van der Waals surface area contributed by atoms with Crippen LogP contribution in [0.15, 0.2) is 42.5 Å². The number of hydrazine groups is 1. The molecule has 6 heteroatoms. The Hall–Kier alpha value is -2.57. The molecule has 31 heavy (non-hydrogen) atoms. The van der Waals surface area contributed by atoms with Gasteiger partial charge in [-0.1, -0.05) is 19.1 Å². The highest BCUT2D eigenvalue weighted by Gasteiger charge is 2.33. The monoisotopic (exact) mass is 420 g/mol. The molecule has 164 valence electrons. The lowest BCUT2D eigenvalue weighted by molar-refractivity contribution is -0.117. The van der Waals surface area contributed by atoms with Crippen molar-refractivity contribution in [1.82, 2.24) is 10.9 Å². The first-order valence-electron chi connectivity index (χ1n) is 11.6. The Kier molecular flexibility index (Phi) is 5.83. The largest absolute Gasteiger partial charge is 0.493 e. The predicted molar refractivity (Wildman–Crippen MR) is 124 cm³/mol. The lowest BCUT2D eigenvalue weighted by Crippen LogP contribution is -2.33. The Bertz CT molecular complexity index is 937. The fraction of sp³-hybridized carbons (Fsp3) is 0.480. The van der Waals surface area contributed by atoms with Crippen molar-refractivity contribution in [3.05, 3.63) is 53.6 Å². The molecule has 2 aliphatic heterocycles. The van der Waals surface area contributed by atoms with Crippen molar-refractivity contribution >= 4 is 17.3 Å². The second-order valence-corrected chi connectivity index (χ2v) is 8.95. The molecule has 0 radical (unpaired) electrons. The molecule has 0 bridgehead atoms. The molecule has 5 rings (SSSR count). The summed E-state index contributed by atoms with van der Waals surface area (Å²) >= 11 is 0. The van der Waals surface area contributed by atoms with Gasteiger partial charge < -0.3 is 15.0 Å². The molecule has 1 aliphatic carbocycles. The molecule has 0 aromatic heterocycles. The molecule has 2 heterocycles. The molecule has 6 nitrogen and oxygen atoms in total. The Balaban J connectivity index is 1.26. The lowest BCUT2D eigenvalue weighted by Gasteiger charge is -2.21. The number of amides is 1. The zero-order valence-corrected chi connectivity index (χ0v) is 18.2. The third-order valence-corrected chi connectivity index (χ3v) is 6.64. The minimum absolute atomic E-state index is 0.142. The number of nitrogens with zero attached hydrogens (tertiary/aromatic N) is 1. The van der Waals surface area contributed by atoms with Gasteiger partial charge in [-0.2, -0.15) is 0 Å². The Morgan fingerprint density at radius 2 is 1.94 bits per heavy atom. The van der Waals surface area contributed by atoms with Gasteiger partial charge in [-0.3, -0.25) is 15.6 Å². The normalized spacial score (nSPS) is 21.6. The number of hydrogen-bond acceptors (Lipinski definition) is 5. The van der Waals surface area contributed by atoms with Crippen LogP contribution < -0.4 is 25.8 Å². The number of hydrogen-bond donors (Lipinski definition) is 3. The number of ether oxygens (including phenoxy) is 1. The minimum atomic E-state index is -0.202. The van der Waals surface area contributed by atoms with E-state index < -0.39 is 0 Å². The smallest absolute Gasteiger partial charge is 0.249 e. The Morgan fingerprint density at radius 1 is 1.10 bits per heavy atom. The van der Waals surface area contributed by atoms with Gasteiger partial charge in [0.05, 0.1) is 6.61 Å². The maximum Gasteiger partial charge on any atom is 0.249 e. The number of aryl methyl sites for hydroxylation is 1. The van der Waals surface area contributed by atoms with E-state index in [0.29, 0.717) is 5.92 Å². The second-order valence-electron chi connectivity index (χ2n) is 8.95. The van der Waals surface area contributed by atoms with E-state index in [1.807, 2.05) is 29.2 Å². The summed E-state index contributed by atoms with van der Waals surface area (Å²) in [5.41, 5.74) is 11.1. The molecular formula is C25H32N4O2. The van der Waals surface area contributed by atoms with Crippen LogP contribution in [0.3, 0.4) is 0 Å². The quantitative estimate of drug-likeness (QED) is 0.611. The molecule has 2 aromatic carbocycles. The van der Waals surface area contributed by atoms with Gasteiger partial charge in [-0.05, 0) is 67.0 Å². The van der Waals surface area contributed by atoms with E-state index in [2.05, 4.69) is 41.3 Å². The molecule has 3 fully saturated rings. The average molecular weight is 421 g/mol. The molecule has 1 amide bonds. The zero-order valence-electron chi connectivity index (χ0n) is 18.2. The average Bonchev–Trinajstić information content (AvgIpc) is 3.33. The van der Waals surface area contributed by atoms with Crippen LogP contribution in [0.4, 0.5) is 11.4 Å². The van der Waals surface area contributed by atoms with E-state index in [9.17, 15) is 4.79 Å². The number of anilines is 2. The summed E-state index contributed by atoms with van der Waals surface area (Å²) in [4.78, 5) is 15.1. The fourth-order valence-electron chi connectivity index (χ4n) is 4.59. The van der Waals surface area contributed by atoms with Gasteiger partial charge >= 0.3 is 0 Å². The molecule has 2 aromatic rings. The summed E-state index contributed by atoms with van der Waals surface area (Å²) in [6.45, 7) is 5.62. The first kappa shape index (κ1) is 20.3. The van der Waals surface area contributed by atoms with Gasteiger partial charge in [0.15, 0.2) is 0 Å². The predicted octanol–water partition coefficient (Wildman–Crippen LogP) is 3.45. The maximum absolute atomic E-state index is 13.2. The number of nitrogens with one attached hydrogen (secondary N) is 3. The fourth-order valence-corrected chi connectivity index (χ4v) is 4.59. The van der Waals surface area contributed by atoms with E-state index in [0.717, 1.165) is 62.1 Å². The van der Waals surface area contributed by atoms with Crippen molar-refractivity contribution < 1.29 is 9.53 Å². The standard InChI is InChI=1S/C25H32N4O2/c1-2-18-12-21(8-9-23(18)19-14-26-27-15-19)29-11-10-24(25(29)30)28-20-4-3-5-22(13-20)31-16-17-6-7-17/h3-5,8-9,12-13,17,19,24,26-28H,2,6-7,10-11,14-16H2,1H3. The van der Waals surface area contributed by atoms with Gasteiger partial charge in [-0.25, -0.2) is 0 Å². The molecular weight excluding hydrogens is 388 g/mol. The van der Waals surface area contributed by atoms with Crippen molar-refractivity contribution in [3.63, 3.8) is 0 Å². The zero-order chi connectivity index (χ0) is 21.2. The topological polar surface area (TPSA) is 65.6 Å². The van der Waals surface area contributed by atoms with Crippen molar-refractivity contribution in [3.8, 4) is 5.75 Å². The first-order chi connectivity index (χ1) is 15.2. The van der Waals surface area contributed by atoms with Crippen molar-refractivity contribution in [1.29, 1.82) is 0 Å². The van der Waals surface area contributed by atoms with E-state index in [4.69, 9.17) is 4.74 Å². The molecule has 3 N–H and O–H groups in total. The van der Waals surface area contributed by atoms with Crippen molar-refractivity contribution in [2.24, 2.45) is 5.92 Å². The Labute approximate surface area is 184 Å². The summed E-state index contributed by atoms with van der Waals surface area (Å²) in [6.07, 6.45) is 4.32. The molecule has 2 saturated heterocycles. The molecule has 1 saturated carbocycles. The summed E-state index contributed by atoms with van der Waals surface area (Å²) in [5.74, 6) is 2.23. The van der Waals surface area contributed by atoms with Crippen LogP contribution in [0, 0.1) is 5.92 Å². The number of rotatable bonds is 8. The first-order valence-corrected chi connectivity index (χ1v) is 11.6. The van der Waals surface area contributed by atoms with Crippen molar-refractivity contribution in [2.45, 2.75) is 44.6 Å². The van der Waals surface area contributed by atoms with Crippen LogP contribution >= 0.6 is 0 Å². The Morgan fingerprint density at radius 3 is 2.71 bits per heavy atom. The van der Waals surface area contributed by atoms with Crippen LogP contribution in [-0.4, -0.2) is 38.2 Å². The number of carbonyl (C=O) groups excluding carboxylic acids is 1. The highest BCUT2D eigenvalue weighted by Crippen LogP contribution is 2.31. The van der Waals surface area contributed by atoms with Gasteiger partial charge in [0.25, 0.3) is 0 Å². The van der Waals surface area contributed by atoms with Crippen LogP contribution in [-0.2, 0) is 11.2 Å². The van der Waals surface area contributed by atoms with Gasteiger partial charge in [0.2, 0.25) is 5.91 Å². The van der Waals surface area contributed by atoms with Crippen molar-refractivity contribution in [2.75, 3.05) is 36.5 Å². The summed E-state index contributed by atoms with van der Waals surface area (Å²) in [5, 5.41) is 3.43. The van der Waals surface area contributed by atoms with Crippen LogP contribution in [0.25, 0.3) is 0 Å². The van der Waals surface area contributed by atoms with Gasteiger partial charge in [0, 0.05) is 43.0 Å². The third-order valence-electron chi connectivity index (χ3n) is 6.64. The molecule has 0 spiro atoms. The van der Waals surface area contributed by atoms with Gasteiger partial charge in [-0.15, -0.1) is 0 Å². The van der Waals surface area contributed by atoms with E-state index in [1.165, 1.54) is 24.0 Å². The van der Waals surface area contributed by atoms with E-state index >= 15 is 0 Å². The summed E-state index contributed by atoms with van der Waals surface area (Å²) < 4.78 is 5.89. The van der Waals surface area contributed by atoms with Crippen LogP contribution in [0.2, 0.25) is 0 Å². The van der Waals surface area contributed by atoms with Crippen LogP contribution in [0.5, 0.6) is 5.75 Å². The lowest BCUT2D eigenvalue weighted by atomic mass is 9.93. The number of carbonyl (C=O) groups is 1. The molecule has 3 aliphatic rings. The maximum atomic E-state index is 13.2. The summed E-state index contributed by atoms with van der Waals surface area (Å²) in [6, 6.07) is 14.3. The SMILES string of the molecule is CCc1cc(N2CCC(Nc3cccc(OCC4CC4)c3)C2=O)ccc1C1CNNC1. The highest BCUT2D eigenvalue weighted by molar-refractivity contribution is 6.01. The summed E-state index contributed by atoms with van der Waals surface area (Å²) in [7, 11) is 0.